The number of fused-ring (bicyclic) bond motifs is 3. The number of benzene rings is 1. The molecule has 35 heavy (non-hydrogen) atoms. The molecule has 10 heteroatoms. The van der Waals surface area contributed by atoms with E-state index in [1.165, 1.54) is 0 Å². The number of hydrogen-bond acceptors (Lipinski definition) is 8. The van der Waals surface area contributed by atoms with Gasteiger partial charge in [-0.15, -0.1) is 0 Å². The molecular formula is C25H25N7O3. The monoisotopic (exact) mass is 471 g/mol. The number of methoxy groups -OCH3 is 1. The largest absolute Gasteiger partial charge is 0.475 e. The van der Waals surface area contributed by atoms with Crippen LogP contribution in [-0.4, -0.2) is 56.4 Å². The molecule has 5 rings (SSSR count). The highest BCUT2D eigenvalue weighted by molar-refractivity contribution is 6.04. The third-order valence-corrected chi connectivity index (χ3v) is 5.90. The van der Waals surface area contributed by atoms with Gasteiger partial charge in [0, 0.05) is 50.6 Å². The molecule has 0 aliphatic heterocycles. The van der Waals surface area contributed by atoms with Gasteiger partial charge < -0.3 is 14.8 Å². The molecule has 0 amide bonds. The van der Waals surface area contributed by atoms with Crippen LogP contribution in [0, 0.1) is 6.92 Å². The van der Waals surface area contributed by atoms with Crippen molar-refractivity contribution in [3.05, 3.63) is 65.1 Å². The van der Waals surface area contributed by atoms with Crippen molar-refractivity contribution < 1.29 is 9.47 Å². The predicted octanol–water partition coefficient (Wildman–Crippen LogP) is 3.10. The minimum Gasteiger partial charge on any atom is -0.475 e. The first-order valence-electron chi connectivity index (χ1n) is 11.1. The van der Waals surface area contributed by atoms with Gasteiger partial charge in [-0.2, -0.15) is 0 Å². The Balaban J connectivity index is 1.70. The molecule has 1 aromatic carbocycles. The lowest BCUT2D eigenvalue weighted by Crippen LogP contribution is -2.21. The first kappa shape index (κ1) is 22.5. The first-order chi connectivity index (χ1) is 17.0. The average Bonchev–Trinajstić information content (AvgIpc) is 3.14. The fourth-order valence-corrected chi connectivity index (χ4v) is 4.08. The molecule has 0 fully saturated rings. The topological polar surface area (TPSA) is 109 Å². The molecule has 4 heterocycles. The predicted molar refractivity (Wildman–Crippen MR) is 134 cm³/mol. The van der Waals surface area contributed by atoms with Crippen LogP contribution in [0.3, 0.4) is 0 Å². The summed E-state index contributed by atoms with van der Waals surface area (Å²) in [6.45, 7) is 2.73. The molecule has 0 spiro atoms. The molecule has 0 aliphatic rings. The Bertz CT molecular complexity index is 1590. The van der Waals surface area contributed by atoms with E-state index >= 15 is 0 Å². The third kappa shape index (κ3) is 3.97. The van der Waals surface area contributed by atoms with Gasteiger partial charge in [-0.1, -0.05) is 6.07 Å². The van der Waals surface area contributed by atoms with Crippen LogP contribution in [0.1, 0.15) is 5.69 Å². The zero-order valence-electron chi connectivity index (χ0n) is 19.9. The Labute approximate surface area is 201 Å². The second-order valence-corrected chi connectivity index (χ2v) is 8.04. The minimum atomic E-state index is -0.181. The van der Waals surface area contributed by atoms with E-state index < -0.39 is 0 Å². The maximum absolute atomic E-state index is 13.4. The lowest BCUT2D eigenvalue weighted by atomic mass is 10.1. The summed E-state index contributed by atoms with van der Waals surface area (Å²) in [6, 6.07) is 9.55. The summed E-state index contributed by atoms with van der Waals surface area (Å²) in [6.07, 6.45) is 5.26. The number of anilines is 1. The van der Waals surface area contributed by atoms with E-state index in [4.69, 9.17) is 9.47 Å². The number of nitrogens with one attached hydrogen (secondary N) is 1. The van der Waals surface area contributed by atoms with Crippen LogP contribution in [-0.2, 0) is 11.8 Å². The van der Waals surface area contributed by atoms with Crippen LogP contribution in [0.2, 0.25) is 0 Å². The Morgan fingerprint density at radius 1 is 1.00 bits per heavy atom. The minimum absolute atomic E-state index is 0.181. The SMILES string of the molecule is CNc1ncc(-c2ccc3ncc4c(c3c2)n(-c2ccc(OCCOC)nc2C)c(=O)n4C)cn1. The van der Waals surface area contributed by atoms with Gasteiger partial charge >= 0.3 is 5.69 Å². The van der Waals surface area contributed by atoms with Crippen LogP contribution in [0.4, 0.5) is 5.95 Å². The fourth-order valence-electron chi connectivity index (χ4n) is 4.08. The Morgan fingerprint density at radius 2 is 1.80 bits per heavy atom. The number of nitrogens with zero attached hydrogens (tertiary/aromatic N) is 6. The second-order valence-electron chi connectivity index (χ2n) is 8.04. The van der Waals surface area contributed by atoms with Crippen molar-refractivity contribution in [1.29, 1.82) is 0 Å². The maximum atomic E-state index is 13.4. The van der Waals surface area contributed by atoms with E-state index in [-0.39, 0.29) is 5.69 Å². The summed E-state index contributed by atoms with van der Waals surface area (Å²) in [5, 5.41) is 3.77. The van der Waals surface area contributed by atoms with E-state index in [1.807, 2.05) is 31.2 Å². The number of rotatable bonds is 7. The van der Waals surface area contributed by atoms with Crippen LogP contribution in [0.25, 0.3) is 38.8 Å². The lowest BCUT2D eigenvalue weighted by Gasteiger charge is -2.11. The van der Waals surface area contributed by atoms with Gasteiger partial charge in [-0.05, 0) is 30.7 Å². The van der Waals surface area contributed by atoms with Crippen molar-refractivity contribution in [3.63, 3.8) is 0 Å². The van der Waals surface area contributed by atoms with E-state index in [1.54, 1.807) is 55.0 Å². The molecule has 4 aromatic heterocycles. The van der Waals surface area contributed by atoms with Crippen LogP contribution in [0.5, 0.6) is 5.88 Å². The first-order valence-corrected chi connectivity index (χ1v) is 11.1. The number of imidazole rings is 1. The molecule has 0 radical (unpaired) electrons. The Morgan fingerprint density at radius 3 is 2.51 bits per heavy atom. The number of hydrogen-bond donors (Lipinski definition) is 1. The van der Waals surface area contributed by atoms with Gasteiger partial charge in [0.05, 0.1) is 40.7 Å². The molecule has 0 saturated carbocycles. The number of ether oxygens (including phenoxy) is 2. The number of pyridine rings is 2. The van der Waals surface area contributed by atoms with Gasteiger partial charge in [-0.25, -0.2) is 19.7 Å². The van der Waals surface area contributed by atoms with Crippen molar-refractivity contribution >= 4 is 27.9 Å². The van der Waals surface area contributed by atoms with Gasteiger partial charge in [0.25, 0.3) is 0 Å². The maximum Gasteiger partial charge on any atom is 0.333 e. The number of aromatic nitrogens is 6. The Kier molecular flexibility index (Phi) is 5.87. The summed E-state index contributed by atoms with van der Waals surface area (Å²) in [4.78, 5) is 31.2. The lowest BCUT2D eigenvalue weighted by molar-refractivity contribution is 0.143. The van der Waals surface area contributed by atoms with E-state index in [0.717, 1.165) is 33.1 Å². The second kappa shape index (κ2) is 9.15. The standard InChI is InChI=1S/C25H25N7O3/c1-15-20(7-8-22(30-15)35-10-9-34-4)32-23-18-11-16(17-12-28-24(26-2)29-13-17)5-6-19(18)27-14-21(23)31(3)25(32)33/h5-8,11-14H,9-10H2,1-4H3,(H,26,28,29). The summed E-state index contributed by atoms with van der Waals surface area (Å²) >= 11 is 0. The molecule has 0 bridgehead atoms. The summed E-state index contributed by atoms with van der Waals surface area (Å²) in [5.41, 5.74) is 5.22. The zero-order chi connectivity index (χ0) is 24.5. The van der Waals surface area contributed by atoms with E-state index in [0.29, 0.717) is 36.4 Å². The third-order valence-electron chi connectivity index (χ3n) is 5.90. The van der Waals surface area contributed by atoms with Crippen molar-refractivity contribution in [2.45, 2.75) is 6.92 Å². The zero-order valence-corrected chi connectivity index (χ0v) is 19.9. The number of aryl methyl sites for hydroxylation is 2. The van der Waals surface area contributed by atoms with Gasteiger partial charge in [0.2, 0.25) is 11.8 Å². The van der Waals surface area contributed by atoms with E-state index in [9.17, 15) is 4.79 Å². The van der Waals surface area contributed by atoms with Crippen molar-refractivity contribution in [2.24, 2.45) is 7.05 Å². The van der Waals surface area contributed by atoms with Crippen LogP contribution >= 0.6 is 0 Å². The van der Waals surface area contributed by atoms with Crippen LogP contribution in [0.15, 0.2) is 53.7 Å². The van der Waals surface area contributed by atoms with Crippen molar-refractivity contribution in [2.75, 3.05) is 32.7 Å². The molecule has 5 aromatic rings. The van der Waals surface area contributed by atoms with E-state index in [2.05, 4.69) is 25.3 Å². The molecule has 0 atom stereocenters. The Hall–Kier alpha value is -4.31. The molecule has 1 N–H and O–H groups in total. The molecule has 178 valence electrons. The van der Waals surface area contributed by atoms with Gasteiger partial charge in [0.1, 0.15) is 6.61 Å². The van der Waals surface area contributed by atoms with Crippen LogP contribution < -0.4 is 15.7 Å². The van der Waals surface area contributed by atoms with Gasteiger partial charge in [-0.3, -0.25) is 14.1 Å². The molecule has 0 unspecified atom stereocenters. The average molecular weight is 472 g/mol. The quantitative estimate of drug-likeness (QED) is 0.361. The van der Waals surface area contributed by atoms with Crippen molar-refractivity contribution in [3.8, 4) is 22.7 Å². The summed E-state index contributed by atoms with van der Waals surface area (Å²) in [7, 11) is 5.14. The molecule has 10 nitrogen and oxygen atoms in total. The highest BCUT2D eigenvalue weighted by Crippen LogP contribution is 2.30. The normalized spacial score (nSPS) is 11.3. The highest BCUT2D eigenvalue weighted by atomic mass is 16.5. The summed E-state index contributed by atoms with van der Waals surface area (Å²) < 4.78 is 14.0. The fraction of sp³-hybridized carbons (Fsp3) is 0.240. The molecule has 0 saturated heterocycles. The molecular weight excluding hydrogens is 446 g/mol. The highest BCUT2D eigenvalue weighted by Gasteiger charge is 2.19. The molecule has 0 aliphatic carbocycles. The summed E-state index contributed by atoms with van der Waals surface area (Å²) in [5.74, 6) is 1.03. The van der Waals surface area contributed by atoms with Crippen molar-refractivity contribution in [1.82, 2.24) is 29.1 Å². The smallest absolute Gasteiger partial charge is 0.333 e. The van der Waals surface area contributed by atoms with Gasteiger partial charge in [0.15, 0.2) is 0 Å².